The smallest absolute Gasteiger partial charge is 0.116 e. The molecule has 7 nitrogen and oxygen atoms in total. The number of benzene rings is 1. The Morgan fingerprint density at radius 1 is 1.03 bits per heavy atom. The van der Waals surface area contributed by atoms with Gasteiger partial charge in [0, 0.05) is 40.3 Å². The van der Waals surface area contributed by atoms with Gasteiger partial charge in [-0.05, 0) is 66.3 Å². The Hall–Kier alpha value is -4.27. The van der Waals surface area contributed by atoms with Gasteiger partial charge in [-0.3, -0.25) is 15.1 Å². The largest absolute Gasteiger partial charge is 0.357 e. The summed E-state index contributed by atoms with van der Waals surface area (Å²) in [5.41, 5.74) is 9.76. The summed E-state index contributed by atoms with van der Waals surface area (Å²) in [4.78, 5) is 14.7. The van der Waals surface area contributed by atoms with Crippen molar-refractivity contribution in [2.45, 2.75) is 0 Å². The lowest BCUT2D eigenvalue weighted by atomic mass is 10.0. The van der Waals surface area contributed by atoms with Gasteiger partial charge in [-0.2, -0.15) is 16.4 Å². The molecule has 0 bridgehead atoms. The van der Waals surface area contributed by atoms with Crippen LogP contribution in [0.1, 0.15) is 0 Å². The number of nitrogens with zero attached hydrogens (tertiary/aromatic N) is 4. The zero-order valence-corrected chi connectivity index (χ0v) is 20.9. The van der Waals surface area contributed by atoms with Crippen molar-refractivity contribution in [2.24, 2.45) is 0 Å². The Morgan fingerprint density at radius 2 is 1.94 bits per heavy atom. The van der Waals surface area contributed by atoms with Gasteiger partial charge in [0.2, 0.25) is 0 Å². The topological polar surface area (TPSA) is 85.5 Å². The average Bonchev–Trinajstić information content (AvgIpc) is 3.62. The van der Waals surface area contributed by atoms with E-state index >= 15 is 0 Å². The lowest BCUT2D eigenvalue weighted by Gasteiger charge is -2.14. The molecular weight excluding hydrogens is 466 g/mol. The molecule has 5 heterocycles. The van der Waals surface area contributed by atoms with Gasteiger partial charge in [0.15, 0.2) is 0 Å². The number of H-pyrrole nitrogens is 2. The number of hydrogen-bond donors (Lipinski definition) is 3. The molecule has 36 heavy (non-hydrogen) atoms. The molecule has 0 spiro atoms. The maximum atomic E-state index is 4.66. The molecule has 0 fully saturated rings. The highest BCUT2D eigenvalue weighted by molar-refractivity contribution is 7.08. The number of hydrogen-bond acceptors (Lipinski definition) is 6. The summed E-state index contributed by atoms with van der Waals surface area (Å²) in [6, 6.07) is 14.8. The number of nitrogens with one attached hydrogen (secondary N) is 3. The number of thiophene rings is 1. The molecule has 6 rings (SSSR count). The van der Waals surface area contributed by atoms with Crippen LogP contribution in [0.3, 0.4) is 0 Å². The summed E-state index contributed by atoms with van der Waals surface area (Å²) in [5.74, 6) is 0. The molecule has 3 N–H and O–H groups in total. The minimum absolute atomic E-state index is 0.742. The van der Waals surface area contributed by atoms with E-state index in [0.717, 1.165) is 57.0 Å². The molecule has 5 aromatic heterocycles. The van der Waals surface area contributed by atoms with Crippen LogP contribution in [0.4, 0.5) is 5.69 Å². The standard InChI is InChI=1S/C28H25N7S/c1-17(15-35(2)3)31-20-9-19(12-29-13-20)25-11-23-27(14-30-25)33-34-28(23)26-10-22-21(18-7-8-36-16-18)5-4-6-24(22)32-26/h4-14,16,31-32H,1,15H2,2-3H3,(H,33,34). The van der Waals surface area contributed by atoms with Crippen LogP contribution in [-0.2, 0) is 0 Å². The molecule has 0 atom stereocenters. The van der Waals surface area contributed by atoms with Crippen molar-refractivity contribution in [3.05, 3.63) is 84.1 Å². The summed E-state index contributed by atoms with van der Waals surface area (Å²) < 4.78 is 0. The van der Waals surface area contributed by atoms with Crippen LogP contribution in [-0.4, -0.2) is 50.7 Å². The van der Waals surface area contributed by atoms with E-state index in [0.29, 0.717) is 0 Å². The van der Waals surface area contributed by atoms with Crippen LogP contribution in [0.2, 0.25) is 0 Å². The predicted molar refractivity (Wildman–Crippen MR) is 149 cm³/mol. The highest BCUT2D eigenvalue weighted by Gasteiger charge is 2.15. The van der Waals surface area contributed by atoms with Crippen molar-refractivity contribution in [2.75, 3.05) is 26.0 Å². The minimum Gasteiger partial charge on any atom is -0.357 e. The Bertz CT molecular complexity index is 1690. The fourth-order valence-electron chi connectivity index (χ4n) is 4.51. The maximum absolute atomic E-state index is 4.66. The molecule has 8 heteroatoms. The Kier molecular flexibility index (Phi) is 5.59. The average molecular weight is 492 g/mol. The molecule has 0 radical (unpaired) electrons. The van der Waals surface area contributed by atoms with Crippen molar-refractivity contribution >= 4 is 38.8 Å². The lowest BCUT2D eigenvalue weighted by molar-refractivity contribution is 0.447. The summed E-state index contributed by atoms with van der Waals surface area (Å²) in [6.45, 7) is 4.84. The molecule has 0 aliphatic heterocycles. The highest BCUT2D eigenvalue weighted by Crippen LogP contribution is 2.35. The quantitative estimate of drug-likeness (QED) is 0.241. The van der Waals surface area contributed by atoms with Gasteiger partial charge in [0.25, 0.3) is 0 Å². The van der Waals surface area contributed by atoms with E-state index in [2.05, 4.69) is 89.1 Å². The number of rotatable bonds is 7. The van der Waals surface area contributed by atoms with Crippen LogP contribution in [0.15, 0.2) is 84.1 Å². The zero-order valence-electron chi connectivity index (χ0n) is 20.0. The van der Waals surface area contributed by atoms with Crippen molar-refractivity contribution in [3.8, 4) is 33.8 Å². The second-order valence-electron chi connectivity index (χ2n) is 9.08. The third-order valence-corrected chi connectivity index (χ3v) is 6.74. The highest BCUT2D eigenvalue weighted by atomic mass is 32.1. The first-order chi connectivity index (χ1) is 17.5. The SMILES string of the molecule is C=C(CN(C)C)Nc1cncc(-c2cc3c(-c4cc5c(-c6ccsc6)cccc5[nH]4)n[nH]c3cn2)c1. The number of aromatic nitrogens is 5. The van der Waals surface area contributed by atoms with E-state index in [1.54, 1.807) is 17.5 Å². The fraction of sp³-hybridized carbons (Fsp3) is 0.107. The summed E-state index contributed by atoms with van der Waals surface area (Å²) in [6.07, 6.45) is 5.44. The molecule has 0 aliphatic carbocycles. The van der Waals surface area contributed by atoms with Gasteiger partial charge in [-0.25, -0.2) is 0 Å². The molecule has 0 saturated carbocycles. The van der Waals surface area contributed by atoms with Gasteiger partial charge in [-0.15, -0.1) is 0 Å². The number of fused-ring (bicyclic) bond motifs is 2. The molecule has 0 saturated heterocycles. The number of aromatic amines is 2. The summed E-state index contributed by atoms with van der Waals surface area (Å²) in [5, 5.41) is 17.6. The van der Waals surface area contributed by atoms with Gasteiger partial charge < -0.3 is 15.2 Å². The lowest BCUT2D eigenvalue weighted by Crippen LogP contribution is -2.18. The third kappa shape index (κ3) is 4.17. The predicted octanol–water partition coefficient (Wildman–Crippen LogP) is 6.38. The Balaban J connectivity index is 1.38. The van der Waals surface area contributed by atoms with E-state index < -0.39 is 0 Å². The van der Waals surface area contributed by atoms with Crippen molar-refractivity contribution in [1.82, 2.24) is 30.0 Å². The van der Waals surface area contributed by atoms with Crippen LogP contribution < -0.4 is 5.32 Å². The second-order valence-corrected chi connectivity index (χ2v) is 9.86. The van der Waals surface area contributed by atoms with E-state index in [-0.39, 0.29) is 0 Å². The first-order valence-corrected chi connectivity index (χ1v) is 12.5. The van der Waals surface area contributed by atoms with Gasteiger partial charge in [0.1, 0.15) is 5.69 Å². The van der Waals surface area contributed by atoms with E-state index in [1.807, 2.05) is 32.6 Å². The summed E-state index contributed by atoms with van der Waals surface area (Å²) >= 11 is 1.70. The minimum atomic E-state index is 0.742. The van der Waals surface area contributed by atoms with Gasteiger partial charge >= 0.3 is 0 Å². The van der Waals surface area contributed by atoms with E-state index in [4.69, 9.17) is 0 Å². The molecular formula is C28H25N7S. The zero-order chi connectivity index (χ0) is 24.6. The van der Waals surface area contributed by atoms with Crippen LogP contribution in [0.5, 0.6) is 0 Å². The Morgan fingerprint density at radius 3 is 2.78 bits per heavy atom. The van der Waals surface area contributed by atoms with Gasteiger partial charge in [0.05, 0.1) is 35.0 Å². The van der Waals surface area contributed by atoms with Crippen LogP contribution in [0.25, 0.3) is 55.6 Å². The van der Waals surface area contributed by atoms with Crippen LogP contribution in [0, 0.1) is 0 Å². The first-order valence-electron chi connectivity index (χ1n) is 11.6. The van der Waals surface area contributed by atoms with Crippen LogP contribution >= 0.6 is 11.3 Å². The fourth-order valence-corrected chi connectivity index (χ4v) is 5.16. The monoisotopic (exact) mass is 491 g/mol. The van der Waals surface area contributed by atoms with E-state index in [1.165, 1.54) is 16.5 Å². The normalized spacial score (nSPS) is 11.5. The van der Waals surface area contributed by atoms with E-state index in [9.17, 15) is 0 Å². The molecule has 0 aliphatic rings. The Labute approximate surface area is 212 Å². The number of likely N-dealkylation sites (N-methyl/N-ethyl adjacent to an activating group) is 1. The molecule has 6 aromatic rings. The second kappa shape index (κ2) is 9.07. The summed E-state index contributed by atoms with van der Waals surface area (Å²) in [7, 11) is 4.03. The molecule has 178 valence electrons. The number of pyridine rings is 2. The molecule has 0 unspecified atom stereocenters. The third-order valence-electron chi connectivity index (χ3n) is 6.06. The van der Waals surface area contributed by atoms with Crippen molar-refractivity contribution < 1.29 is 0 Å². The molecule has 1 aromatic carbocycles. The number of anilines is 1. The maximum Gasteiger partial charge on any atom is 0.116 e. The van der Waals surface area contributed by atoms with Gasteiger partial charge in [-0.1, -0.05) is 18.7 Å². The molecule has 0 amide bonds. The van der Waals surface area contributed by atoms with Crippen molar-refractivity contribution in [1.29, 1.82) is 0 Å². The first kappa shape index (κ1) is 22.2. The van der Waals surface area contributed by atoms with Crippen molar-refractivity contribution in [3.63, 3.8) is 0 Å².